The highest BCUT2D eigenvalue weighted by atomic mass is 16.5. The van der Waals surface area contributed by atoms with Gasteiger partial charge in [-0.1, -0.05) is 12.1 Å². The second-order valence-electron chi connectivity index (χ2n) is 7.01. The summed E-state index contributed by atoms with van der Waals surface area (Å²) >= 11 is 0. The molecule has 32 heavy (non-hydrogen) atoms. The van der Waals surface area contributed by atoms with Crippen LogP contribution in [0.15, 0.2) is 53.2 Å². The van der Waals surface area contributed by atoms with Crippen LogP contribution in [0.3, 0.4) is 0 Å². The monoisotopic (exact) mass is 433 g/mol. The van der Waals surface area contributed by atoms with Gasteiger partial charge in [0.2, 0.25) is 11.7 Å². The lowest BCUT2D eigenvalue weighted by atomic mass is 10.2. The molecule has 0 aliphatic rings. The first-order valence-electron chi connectivity index (χ1n) is 10.1. The molecule has 4 aromatic rings. The predicted molar refractivity (Wildman–Crippen MR) is 118 cm³/mol. The molecule has 0 radical (unpaired) electrons. The Labute approximate surface area is 185 Å². The van der Waals surface area contributed by atoms with Gasteiger partial charge >= 0.3 is 0 Å². The number of benzene rings is 2. The van der Waals surface area contributed by atoms with Gasteiger partial charge in [-0.15, -0.1) is 0 Å². The summed E-state index contributed by atoms with van der Waals surface area (Å²) in [4.78, 5) is 17.2. The summed E-state index contributed by atoms with van der Waals surface area (Å²) in [6, 6.07) is 12.7. The number of amides is 1. The Hall–Kier alpha value is -4.14. The highest BCUT2D eigenvalue weighted by Gasteiger charge is 2.17. The molecule has 0 aliphatic heterocycles. The third kappa shape index (κ3) is 4.18. The van der Waals surface area contributed by atoms with Gasteiger partial charge in [0, 0.05) is 24.2 Å². The third-order valence-electron chi connectivity index (χ3n) is 4.96. The molecule has 0 unspecified atom stereocenters. The van der Waals surface area contributed by atoms with Gasteiger partial charge in [-0.3, -0.25) is 4.79 Å². The Morgan fingerprint density at radius 3 is 2.56 bits per heavy atom. The van der Waals surface area contributed by atoms with Crippen molar-refractivity contribution in [2.24, 2.45) is 0 Å². The number of aromatic nitrogens is 4. The number of ether oxygens (including phenoxy) is 2. The molecule has 0 bridgehead atoms. The van der Waals surface area contributed by atoms with Crippen molar-refractivity contribution in [2.75, 3.05) is 19.5 Å². The molecule has 1 amide bonds. The maximum atomic E-state index is 12.9. The molecule has 164 valence electrons. The molecule has 0 saturated carbocycles. The zero-order valence-electron chi connectivity index (χ0n) is 18.2. The average Bonchev–Trinajstić information content (AvgIpc) is 3.46. The van der Waals surface area contributed by atoms with Gasteiger partial charge < -0.3 is 19.3 Å². The first-order chi connectivity index (χ1) is 15.5. The molecule has 4 rings (SSSR count). The molecule has 0 aliphatic carbocycles. The lowest BCUT2D eigenvalue weighted by molar-refractivity contribution is 0.102. The second-order valence-corrected chi connectivity index (χ2v) is 7.01. The van der Waals surface area contributed by atoms with Crippen LogP contribution in [-0.4, -0.2) is 40.0 Å². The van der Waals surface area contributed by atoms with E-state index in [1.54, 1.807) is 43.1 Å². The van der Waals surface area contributed by atoms with Gasteiger partial charge in [0.15, 0.2) is 0 Å². The van der Waals surface area contributed by atoms with Crippen LogP contribution in [0.4, 0.5) is 5.69 Å². The van der Waals surface area contributed by atoms with Crippen LogP contribution in [-0.2, 0) is 6.42 Å². The molecule has 2 heterocycles. The number of carbonyl (C=O) groups excluding carboxylic acids is 1. The van der Waals surface area contributed by atoms with Gasteiger partial charge in [-0.2, -0.15) is 10.1 Å². The maximum Gasteiger partial charge on any atom is 0.259 e. The molecule has 0 atom stereocenters. The number of rotatable bonds is 7. The fraction of sp³-hybridized carbons (Fsp3) is 0.217. The quantitative estimate of drug-likeness (QED) is 0.469. The number of aryl methyl sites for hydroxylation is 2. The lowest BCUT2D eigenvalue weighted by Gasteiger charge is -2.11. The molecule has 2 aromatic heterocycles. The topological polar surface area (TPSA) is 104 Å². The lowest BCUT2D eigenvalue weighted by Crippen LogP contribution is -2.13. The van der Waals surface area contributed by atoms with E-state index in [2.05, 4.69) is 20.6 Å². The van der Waals surface area contributed by atoms with E-state index in [1.165, 1.54) is 7.11 Å². The first kappa shape index (κ1) is 21.1. The number of nitrogens with one attached hydrogen (secondary N) is 1. The Bertz CT molecular complexity index is 1240. The Morgan fingerprint density at radius 2 is 1.91 bits per heavy atom. The largest absolute Gasteiger partial charge is 0.497 e. The standard InChI is InChI=1S/C23H23N5O4/c1-5-21-25-22(27-32-21)15-6-8-16(9-7-15)28-13-18(14(2)26-28)23(29)24-19-11-10-17(30-3)12-20(19)31-4/h6-13H,5H2,1-4H3,(H,24,29). The molecule has 9 nitrogen and oxygen atoms in total. The zero-order valence-corrected chi connectivity index (χ0v) is 18.2. The van der Waals surface area contributed by atoms with Crippen molar-refractivity contribution in [3.8, 4) is 28.6 Å². The molecular weight excluding hydrogens is 410 g/mol. The van der Waals surface area contributed by atoms with Crippen LogP contribution in [0.2, 0.25) is 0 Å². The van der Waals surface area contributed by atoms with Crippen LogP contribution in [0.1, 0.15) is 28.9 Å². The van der Waals surface area contributed by atoms with E-state index in [4.69, 9.17) is 14.0 Å². The normalized spacial score (nSPS) is 10.8. The van der Waals surface area contributed by atoms with Crippen molar-refractivity contribution in [3.63, 3.8) is 0 Å². The number of hydrogen-bond donors (Lipinski definition) is 1. The molecule has 2 aromatic carbocycles. The van der Waals surface area contributed by atoms with Crippen LogP contribution in [0.25, 0.3) is 17.1 Å². The summed E-state index contributed by atoms with van der Waals surface area (Å²) in [5.41, 5.74) is 3.24. The highest BCUT2D eigenvalue weighted by molar-refractivity contribution is 6.05. The van der Waals surface area contributed by atoms with Crippen molar-refractivity contribution < 1.29 is 18.8 Å². The Morgan fingerprint density at radius 1 is 1.12 bits per heavy atom. The van der Waals surface area contributed by atoms with Crippen molar-refractivity contribution in [1.29, 1.82) is 0 Å². The molecular formula is C23H23N5O4. The summed E-state index contributed by atoms with van der Waals surface area (Å²) in [6.45, 7) is 3.75. The Kier molecular flexibility index (Phi) is 5.89. The van der Waals surface area contributed by atoms with Gasteiger partial charge in [0.25, 0.3) is 5.91 Å². The van der Waals surface area contributed by atoms with E-state index < -0.39 is 0 Å². The number of methoxy groups -OCH3 is 2. The van der Waals surface area contributed by atoms with E-state index >= 15 is 0 Å². The minimum atomic E-state index is -0.285. The smallest absolute Gasteiger partial charge is 0.259 e. The number of anilines is 1. The SMILES string of the molecule is CCc1nc(-c2ccc(-n3cc(C(=O)Nc4ccc(OC)cc4OC)c(C)n3)cc2)no1. The minimum absolute atomic E-state index is 0.285. The van der Waals surface area contributed by atoms with Crippen LogP contribution in [0.5, 0.6) is 11.5 Å². The molecule has 1 N–H and O–H groups in total. The van der Waals surface area contributed by atoms with Gasteiger partial charge in [-0.25, -0.2) is 4.68 Å². The summed E-state index contributed by atoms with van der Waals surface area (Å²) < 4.78 is 17.4. The predicted octanol–water partition coefficient (Wildman–Crippen LogP) is 4.06. The minimum Gasteiger partial charge on any atom is -0.497 e. The van der Waals surface area contributed by atoms with Crippen LogP contribution < -0.4 is 14.8 Å². The molecule has 0 saturated heterocycles. The third-order valence-corrected chi connectivity index (χ3v) is 4.96. The van der Waals surface area contributed by atoms with Crippen molar-refractivity contribution in [1.82, 2.24) is 19.9 Å². The molecule has 9 heteroatoms. The fourth-order valence-electron chi connectivity index (χ4n) is 3.19. The highest BCUT2D eigenvalue weighted by Crippen LogP contribution is 2.29. The fourth-order valence-corrected chi connectivity index (χ4v) is 3.19. The van der Waals surface area contributed by atoms with Gasteiger partial charge in [0.05, 0.1) is 36.9 Å². The second kappa shape index (κ2) is 8.93. The van der Waals surface area contributed by atoms with E-state index in [-0.39, 0.29) is 5.91 Å². The number of nitrogens with zero attached hydrogens (tertiary/aromatic N) is 4. The van der Waals surface area contributed by atoms with Gasteiger partial charge in [0.1, 0.15) is 11.5 Å². The molecule has 0 fully saturated rings. The van der Waals surface area contributed by atoms with Crippen LogP contribution in [0, 0.1) is 6.92 Å². The Balaban J connectivity index is 1.54. The van der Waals surface area contributed by atoms with E-state index in [0.717, 1.165) is 11.3 Å². The average molecular weight is 433 g/mol. The summed E-state index contributed by atoms with van der Waals surface area (Å²) in [7, 11) is 3.11. The maximum absolute atomic E-state index is 12.9. The zero-order chi connectivity index (χ0) is 22.7. The van der Waals surface area contributed by atoms with E-state index in [9.17, 15) is 4.79 Å². The van der Waals surface area contributed by atoms with Gasteiger partial charge in [-0.05, 0) is 43.3 Å². The summed E-state index contributed by atoms with van der Waals surface area (Å²) in [5, 5.41) is 11.3. The summed E-state index contributed by atoms with van der Waals surface area (Å²) in [5.74, 6) is 1.99. The number of carbonyl (C=O) groups is 1. The van der Waals surface area contributed by atoms with Crippen molar-refractivity contribution >= 4 is 11.6 Å². The van der Waals surface area contributed by atoms with Crippen molar-refractivity contribution in [2.45, 2.75) is 20.3 Å². The van der Waals surface area contributed by atoms with E-state index in [1.807, 2.05) is 31.2 Å². The van der Waals surface area contributed by atoms with Crippen LogP contribution >= 0.6 is 0 Å². The molecule has 0 spiro atoms. The summed E-state index contributed by atoms with van der Waals surface area (Å²) in [6.07, 6.45) is 2.38. The van der Waals surface area contributed by atoms with E-state index in [0.29, 0.717) is 46.6 Å². The van der Waals surface area contributed by atoms with Crippen molar-refractivity contribution in [3.05, 3.63) is 65.8 Å². The number of hydrogen-bond acceptors (Lipinski definition) is 7. The first-order valence-corrected chi connectivity index (χ1v) is 10.1.